The van der Waals surface area contributed by atoms with E-state index in [1.54, 1.807) is 30.0 Å². The van der Waals surface area contributed by atoms with Crippen LogP contribution in [0.3, 0.4) is 0 Å². The Morgan fingerprint density at radius 2 is 2.27 bits per heavy atom. The lowest BCUT2D eigenvalue weighted by atomic mass is 10.1. The molecule has 2 N–H and O–H groups in total. The topological polar surface area (TPSA) is 61.8 Å². The van der Waals surface area contributed by atoms with Crippen LogP contribution in [0.25, 0.3) is 0 Å². The van der Waals surface area contributed by atoms with Crippen molar-refractivity contribution in [2.24, 2.45) is 0 Å². The second-order valence-electron chi connectivity index (χ2n) is 4.84. The van der Waals surface area contributed by atoms with Crippen LogP contribution in [0.1, 0.15) is 18.9 Å². The van der Waals surface area contributed by atoms with Gasteiger partial charge in [-0.05, 0) is 55.8 Å². The number of anilines is 1. The Morgan fingerprint density at radius 1 is 1.50 bits per heavy atom. The van der Waals surface area contributed by atoms with Gasteiger partial charge in [-0.2, -0.15) is 11.8 Å². The van der Waals surface area contributed by atoms with Crippen LogP contribution in [0.4, 0.5) is 5.69 Å². The quantitative estimate of drug-likeness (QED) is 0.740. The predicted molar refractivity (Wildman–Crippen MR) is 93.5 cm³/mol. The highest BCUT2D eigenvalue weighted by molar-refractivity contribution is 7.98. The first-order chi connectivity index (χ1) is 10.6. The molecular formula is C15H20N2O3S2. The van der Waals surface area contributed by atoms with Gasteiger partial charge >= 0.3 is 0 Å². The minimum absolute atomic E-state index is 0.0490. The van der Waals surface area contributed by atoms with Gasteiger partial charge in [-0.15, -0.1) is 0 Å². The average molecular weight is 340 g/mol. The minimum Gasteiger partial charge on any atom is -0.494 e. The SMILES string of the molecule is CCOc1ccc(N2C(=O)[C@@H](CCSC)NC2=S)cc1CO. The number of aliphatic hydroxyl groups is 1. The fraction of sp³-hybridized carbons (Fsp3) is 0.467. The molecule has 1 amide bonds. The summed E-state index contributed by atoms with van der Waals surface area (Å²) in [6, 6.07) is 5.01. The van der Waals surface area contributed by atoms with Gasteiger partial charge in [-0.1, -0.05) is 0 Å². The Hall–Kier alpha value is -1.31. The van der Waals surface area contributed by atoms with E-state index in [1.165, 1.54) is 4.90 Å². The Bertz CT molecular complexity index is 566. The maximum atomic E-state index is 12.5. The average Bonchev–Trinajstić information content (AvgIpc) is 2.80. The van der Waals surface area contributed by atoms with Crippen LogP contribution in [-0.2, 0) is 11.4 Å². The lowest BCUT2D eigenvalue weighted by Crippen LogP contribution is -2.31. The highest BCUT2D eigenvalue weighted by Crippen LogP contribution is 2.28. The molecule has 0 spiro atoms. The fourth-order valence-corrected chi connectivity index (χ4v) is 3.14. The third-order valence-electron chi connectivity index (χ3n) is 3.40. The Balaban J connectivity index is 2.23. The van der Waals surface area contributed by atoms with E-state index in [1.807, 2.05) is 13.2 Å². The molecule has 2 rings (SSSR count). The zero-order chi connectivity index (χ0) is 16.1. The third-order valence-corrected chi connectivity index (χ3v) is 4.35. The van der Waals surface area contributed by atoms with E-state index in [-0.39, 0.29) is 18.6 Å². The smallest absolute Gasteiger partial charge is 0.255 e. The van der Waals surface area contributed by atoms with Gasteiger partial charge in [-0.3, -0.25) is 9.69 Å². The molecule has 1 saturated heterocycles. The number of carbonyl (C=O) groups excluding carboxylic acids is 1. The number of nitrogens with one attached hydrogen (secondary N) is 1. The molecule has 1 atom stereocenters. The summed E-state index contributed by atoms with van der Waals surface area (Å²) in [4.78, 5) is 14.0. The lowest BCUT2D eigenvalue weighted by molar-refractivity contribution is -0.118. The number of benzene rings is 1. The van der Waals surface area contributed by atoms with E-state index in [0.29, 0.717) is 28.7 Å². The summed E-state index contributed by atoms with van der Waals surface area (Å²) in [5.74, 6) is 1.47. The fourth-order valence-electron chi connectivity index (χ4n) is 2.33. The molecule has 0 radical (unpaired) electrons. The number of hydrogen-bond acceptors (Lipinski definition) is 5. The molecule has 22 heavy (non-hydrogen) atoms. The molecule has 0 aromatic heterocycles. The van der Waals surface area contributed by atoms with Crippen molar-refractivity contribution in [2.75, 3.05) is 23.5 Å². The molecule has 0 unspecified atom stereocenters. The zero-order valence-corrected chi connectivity index (χ0v) is 14.3. The normalized spacial score (nSPS) is 17.8. The van der Waals surface area contributed by atoms with Crippen molar-refractivity contribution >= 4 is 40.7 Å². The Morgan fingerprint density at radius 3 is 2.91 bits per heavy atom. The summed E-state index contributed by atoms with van der Waals surface area (Å²) in [5, 5.41) is 12.9. The zero-order valence-electron chi connectivity index (χ0n) is 12.7. The molecule has 0 aliphatic carbocycles. The number of nitrogens with zero attached hydrogens (tertiary/aromatic N) is 1. The molecule has 7 heteroatoms. The van der Waals surface area contributed by atoms with Crippen molar-refractivity contribution in [1.29, 1.82) is 0 Å². The Kier molecular flexibility index (Phi) is 6.05. The van der Waals surface area contributed by atoms with E-state index >= 15 is 0 Å². The van der Waals surface area contributed by atoms with Crippen molar-refractivity contribution in [3.05, 3.63) is 23.8 Å². The number of hydrogen-bond donors (Lipinski definition) is 2. The van der Waals surface area contributed by atoms with Gasteiger partial charge < -0.3 is 15.2 Å². The maximum absolute atomic E-state index is 12.5. The molecule has 1 aliphatic heterocycles. The monoisotopic (exact) mass is 340 g/mol. The van der Waals surface area contributed by atoms with Crippen LogP contribution in [0.5, 0.6) is 5.75 Å². The van der Waals surface area contributed by atoms with E-state index < -0.39 is 0 Å². The molecule has 0 bridgehead atoms. The van der Waals surface area contributed by atoms with Crippen molar-refractivity contribution in [3.63, 3.8) is 0 Å². The van der Waals surface area contributed by atoms with Crippen molar-refractivity contribution < 1.29 is 14.6 Å². The number of carbonyl (C=O) groups is 1. The van der Waals surface area contributed by atoms with E-state index in [4.69, 9.17) is 17.0 Å². The van der Waals surface area contributed by atoms with Gasteiger partial charge in [0.1, 0.15) is 11.8 Å². The summed E-state index contributed by atoms with van der Waals surface area (Å²) < 4.78 is 5.46. The first-order valence-corrected chi connectivity index (χ1v) is 8.92. The number of aliphatic hydroxyl groups excluding tert-OH is 1. The molecule has 1 aliphatic rings. The summed E-state index contributed by atoms with van der Waals surface area (Å²) in [6.07, 6.45) is 2.75. The summed E-state index contributed by atoms with van der Waals surface area (Å²) in [6.45, 7) is 2.25. The molecule has 120 valence electrons. The van der Waals surface area contributed by atoms with Crippen LogP contribution in [-0.4, -0.2) is 40.8 Å². The minimum atomic E-state index is -0.274. The van der Waals surface area contributed by atoms with Crippen LogP contribution >= 0.6 is 24.0 Å². The second-order valence-corrected chi connectivity index (χ2v) is 6.21. The van der Waals surface area contributed by atoms with Gasteiger partial charge in [0.2, 0.25) is 0 Å². The maximum Gasteiger partial charge on any atom is 0.255 e. The summed E-state index contributed by atoms with van der Waals surface area (Å²) >= 11 is 6.98. The number of thiocarbonyl (C=S) groups is 1. The van der Waals surface area contributed by atoms with Gasteiger partial charge in [0.05, 0.1) is 18.9 Å². The molecule has 1 aromatic rings. The van der Waals surface area contributed by atoms with Crippen molar-refractivity contribution in [3.8, 4) is 5.75 Å². The van der Waals surface area contributed by atoms with E-state index in [0.717, 1.165) is 12.2 Å². The summed E-state index contributed by atoms with van der Waals surface area (Å²) in [7, 11) is 0. The standard InChI is InChI=1S/C15H20N2O3S2/c1-3-20-13-5-4-11(8-10(13)9-18)17-14(19)12(6-7-22-2)16-15(17)21/h4-5,8,12,18H,3,6-7,9H2,1-2H3,(H,16,21)/t12-/m1/s1. The highest BCUT2D eigenvalue weighted by Gasteiger charge is 2.36. The molecule has 1 aromatic carbocycles. The van der Waals surface area contributed by atoms with E-state index in [9.17, 15) is 9.90 Å². The van der Waals surface area contributed by atoms with Crippen LogP contribution < -0.4 is 15.0 Å². The van der Waals surface area contributed by atoms with Gasteiger partial charge in [0.25, 0.3) is 5.91 Å². The molecular weight excluding hydrogens is 320 g/mol. The number of thioether (sulfide) groups is 1. The molecule has 1 fully saturated rings. The molecule has 0 saturated carbocycles. The van der Waals surface area contributed by atoms with Gasteiger partial charge in [0.15, 0.2) is 5.11 Å². The first-order valence-electron chi connectivity index (χ1n) is 7.12. The van der Waals surface area contributed by atoms with Crippen molar-refractivity contribution in [2.45, 2.75) is 26.0 Å². The molecule has 5 nitrogen and oxygen atoms in total. The van der Waals surface area contributed by atoms with Crippen LogP contribution in [0, 0.1) is 0 Å². The number of amides is 1. The number of rotatable bonds is 7. The van der Waals surface area contributed by atoms with E-state index in [2.05, 4.69) is 5.32 Å². The number of ether oxygens (including phenoxy) is 1. The first kappa shape index (κ1) is 17.1. The largest absolute Gasteiger partial charge is 0.494 e. The predicted octanol–water partition coefficient (Wildman–Crippen LogP) is 1.92. The van der Waals surface area contributed by atoms with Gasteiger partial charge in [-0.25, -0.2) is 0 Å². The van der Waals surface area contributed by atoms with Crippen LogP contribution in [0.15, 0.2) is 18.2 Å². The Labute approximate surface area is 140 Å². The van der Waals surface area contributed by atoms with Gasteiger partial charge in [0, 0.05) is 5.56 Å². The second kappa shape index (κ2) is 7.80. The highest BCUT2D eigenvalue weighted by atomic mass is 32.2. The van der Waals surface area contributed by atoms with Crippen LogP contribution in [0.2, 0.25) is 0 Å². The third kappa shape index (κ3) is 3.53. The van der Waals surface area contributed by atoms with Crippen molar-refractivity contribution in [1.82, 2.24) is 5.32 Å². The lowest BCUT2D eigenvalue weighted by Gasteiger charge is -2.17. The molecule has 1 heterocycles. The summed E-state index contributed by atoms with van der Waals surface area (Å²) in [5.41, 5.74) is 1.30.